The Bertz CT molecular complexity index is 1620. The number of hydrogen-bond donors (Lipinski definition) is 1. The van der Waals surface area contributed by atoms with Gasteiger partial charge in [0.15, 0.2) is 12.4 Å². The summed E-state index contributed by atoms with van der Waals surface area (Å²) in [6.07, 6.45) is 1.81. The van der Waals surface area contributed by atoms with Crippen LogP contribution in [0, 0.1) is 23.6 Å². The Morgan fingerprint density at radius 3 is 2.69 bits per heavy atom. The number of nitrogens with zero attached hydrogens (tertiary/aromatic N) is 5. The minimum atomic E-state index is -4.40. The second-order valence-electron chi connectivity index (χ2n) is 10.6. The molecule has 0 unspecified atom stereocenters. The molecule has 14 heteroatoms. The lowest BCUT2D eigenvalue weighted by Crippen LogP contribution is -2.39. The molecule has 2 aliphatic rings. The molecule has 0 atom stereocenters. The lowest BCUT2D eigenvalue weighted by molar-refractivity contribution is -0.137. The Hall–Kier alpha value is -4.38. The summed E-state index contributed by atoms with van der Waals surface area (Å²) in [4.78, 5) is 31.0. The Kier molecular flexibility index (Phi) is 8.63. The molecule has 0 aliphatic carbocycles. The number of anilines is 2. The Balaban J connectivity index is 0.000000219. The maximum Gasteiger partial charge on any atom is 0.416 e. The van der Waals surface area contributed by atoms with Gasteiger partial charge >= 0.3 is 12.2 Å². The van der Waals surface area contributed by atoms with Crippen LogP contribution >= 0.6 is 11.5 Å². The summed E-state index contributed by atoms with van der Waals surface area (Å²) < 4.78 is 63.3. The van der Waals surface area contributed by atoms with Crippen molar-refractivity contribution in [3.8, 4) is 18.1 Å². The van der Waals surface area contributed by atoms with Crippen LogP contribution in [0.15, 0.2) is 41.4 Å². The maximum absolute atomic E-state index is 14.5. The van der Waals surface area contributed by atoms with Crippen LogP contribution in [0.5, 0.6) is 5.75 Å². The average Bonchev–Trinajstić information content (AvgIpc) is 3.41. The Labute approximate surface area is 243 Å². The van der Waals surface area contributed by atoms with Gasteiger partial charge in [-0.2, -0.15) is 17.5 Å². The van der Waals surface area contributed by atoms with Crippen molar-refractivity contribution in [1.29, 1.82) is 0 Å². The van der Waals surface area contributed by atoms with E-state index in [4.69, 9.17) is 11.2 Å². The number of carbonyl (C=O) groups is 2. The van der Waals surface area contributed by atoms with Crippen LogP contribution in [-0.2, 0) is 23.9 Å². The van der Waals surface area contributed by atoms with Crippen molar-refractivity contribution in [2.75, 3.05) is 37.5 Å². The molecule has 0 spiro atoms. The van der Waals surface area contributed by atoms with E-state index in [0.717, 1.165) is 30.9 Å². The average molecular weight is 605 g/mol. The number of aromatic nitrogens is 2. The minimum absolute atomic E-state index is 0.0964. The fraction of sp³-hybridized carbons (Fsp3) is 0.357. The van der Waals surface area contributed by atoms with Gasteiger partial charge in [0.1, 0.15) is 17.3 Å². The SMILES string of the molecule is C#CCN1C(=O)COc2cc(F)c(/N=c3\snc4n3CC(C)(C)C4)cc21.CN(C)C(=O)Nc1cccc(C(F)(F)F)c1. The highest BCUT2D eigenvalue weighted by Crippen LogP contribution is 2.37. The van der Waals surface area contributed by atoms with Crippen molar-refractivity contribution in [2.24, 2.45) is 10.4 Å². The van der Waals surface area contributed by atoms with Gasteiger partial charge in [0, 0.05) is 50.3 Å². The van der Waals surface area contributed by atoms with Gasteiger partial charge in [0.2, 0.25) is 4.80 Å². The van der Waals surface area contributed by atoms with Crippen molar-refractivity contribution >= 4 is 40.5 Å². The van der Waals surface area contributed by atoms with Crippen LogP contribution in [0.4, 0.5) is 39.4 Å². The van der Waals surface area contributed by atoms with E-state index in [1.807, 2.05) is 4.57 Å². The summed E-state index contributed by atoms with van der Waals surface area (Å²) in [5.41, 5.74) is 0.00917. The molecule has 3 aromatic rings. The van der Waals surface area contributed by atoms with Crippen molar-refractivity contribution < 1.29 is 31.9 Å². The number of benzene rings is 2. The molecule has 5 rings (SSSR count). The van der Waals surface area contributed by atoms with E-state index >= 15 is 0 Å². The van der Waals surface area contributed by atoms with Gasteiger partial charge in [0.25, 0.3) is 5.91 Å². The van der Waals surface area contributed by atoms with Crippen molar-refractivity contribution in [2.45, 2.75) is 33.0 Å². The molecule has 222 valence electrons. The van der Waals surface area contributed by atoms with E-state index < -0.39 is 23.6 Å². The maximum atomic E-state index is 14.5. The highest BCUT2D eigenvalue weighted by molar-refractivity contribution is 7.02. The summed E-state index contributed by atoms with van der Waals surface area (Å²) in [7, 11) is 3.01. The number of hydrogen-bond acceptors (Lipinski definition) is 6. The Morgan fingerprint density at radius 2 is 2.02 bits per heavy atom. The largest absolute Gasteiger partial charge is 0.481 e. The molecule has 2 aliphatic heterocycles. The molecule has 0 fully saturated rings. The molecule has 2 aromatic carbocycles. The van der Waals surface area contributed by atoms with Gasteiger partial charge in [-0.05, 0) is 29.7 Å². The molecule has 0 saturated heterocycles. The lowest BCUT2D eigenvalue weighted by atomic mass is 9.92. The molecule has 0 saturated carbocycles. The second-order valence-corrected chi connectivity index (χ2v) is 11.3. The van der Waals surface area contributed by atoms with E-state index in [2.05, 4.69) is 34.5 Å². The molecular weight excluding hydrogens is 576 g/mol. The van der Waals surface area contributed by atoms with Crippen LogP contribution in [0.2, 0.25) is 0 Å². The van der Waals surface area contributed by atoms with Crippen LogP contribution in [0.1, 0.15) is 25.2 Å². The monoisotopic (exact) mass is 604 g/mol. The first-order valence-corrected chi connectivity index (χ1v) is 13.4. The summed E-state index contributed by atoms with van der Waals surface area (Å²) in [6, 6.07) is 6.77. The van der Waals surface area contributed by atoms with Gasteiger partial charge < -0.3 is 19.5 Å². The van der Waals surface area contributed by atoms with Crippen LogP contribution < -0.4 is 19.8 Å². The zero-order chi connectivity index (χ0) is 30.8. The fourth-order valence-corrected chi connectivity index (χ4v) is 5.01. The van der Waals surface area contributed by atoms with Crippen LogP contribution in [0.25, 0.3) is 0 Å². The molecule has 3 heterocycles. The molecule has 42 heavy (non-hydrogen) atoms. The van der Waals surface area contributed by atoms with Gasteiger partial charge in [0.05, 0.1) is 17.8 Å². The number of carbonyl (C=O) groups excluding carboxylic acids is 2. The first-order chi connectivity index (χ1) is 19.7. The molecule has 0 radical (unpaired) electrons. The third kappa shape index (κ3) is 6.91. The number of fused-ring (bicyclic) bond motifs is 2. The number of alkyl halides is 3. The smallest absolute Gasteiger partial charge is 0.416 e. The molecule has 3 amide bonds. The third-order valence-electron chi connectivity index (χ3n) is 6.28. The zero-order valence-electron chi connectivity index (χ0n) is 23.3. The number of rotatable bonds is 3. The highest BCUT2D eigenvalue weighted by Gasteiger charge is 2.32. The summed E-state index contributed by atoms with van der Waals surface area (Å²) >= 11 is 1.24. The molecule has 1 aromatic heterocycles. The number of terminal acetylenes is 1. The fourth-order valence-electron chi connectivity index (χ4n) is 4.25. The van der Waals surface area contributed by atoms with Gasteiger partial charge in [-0.25, -0.2) is 14.2 Å². The summed E-state index contributed by atoms with van der Waals surface area (Å²) in [6.45, 7) is 5.05. The summed E-state index contributed by atoms with van der Waals surface area (Å²) in [5, 5.41) is 2.34. The normalized spacial score (nSPS) is 15.5. The van der Waals surface area contributed by atoms with Gasteiger partial charge in [-0.3, -0.25) is 9.69 Å². The highest BCUT2D eigenvalue weighted by atomic mass is 32.1. The third-order valence-corrected chi connectivity index (χ3v) is 7.06. The van der Waals surface area contributed by atoms with Gasteiger partial charge in [-0.15, -0.1) is 6.42 Å². The topological polar surface area (TPSA) is 92.1 Å². The number of ether oxygens (including phenoxy) is 1. The van der Waals surface area contributed by atoms with Crippen molar-refractivity contribution in [1.82, 2.24) is 13.8 Å². The predicted octanol–water partition coefficient (Wildman–Crippen LogP) is 5.06. The van der Waals surface area contributed by atoms with E-state index in [0.29, 0.717) is 16.2 Å². The van der Waals surface area contributed by atoms with E-state index in [1.54, 1.807) is 0 Å². The number of urea groups is 1. The second kappa shape index (κ2) is 11.8. The quantitative estimate of drug-likeness (QED) is 0.335. The molecular formula is C28H28F4N6O3S. The van der Waals surface area contributed by atoms with E-state index in [-0.39, 0.29) is 35.8 Å². The van der Waals surface area contributed by atoms with E-state index in [9.17, 15) is 27.2 Å². The molecule has 0 bridgehead atoms. The van der Waals surface area contributed by atoms with E-state index in [1.165, 1.54) is 59.7 Å². The predicted molar refractivity (Wildman–Crippen MR) is 150 cm³/mol. The number of nitrogens with one attached hydrogen (secondary N) is 1. The number of halogens is 4. The minimum Gasteiger partial charge on any atom is -0.481 e. The zero-order valence-corrected chi connectivity index (χ0v) is 24.1. The Morgan fingerprint density at radius 1 is 1.29 bits per heavy atom. The first kappa shape index (κ1) is 30.6. The molecule has 9 nitrogen and oxygen atoms in total. The van der Waals surface area contributed by atoms with Crippen molar-refractivity contribution in [3.05, 3.63) is 58.4 Å². The van der Waals surface area contributed by atoms with Crippen LogP contribution in [0.3, 0.4) is 0 Å². The summed E-state index contributed by atoms with van der Waals surface area (Å²) in [5.74, 6) is 2.92. The lowest BCUT2D eigenvalue weighted by Gasteiger charge is -2.28. The first-order valence-electron chi connectivity index (χ1n) is 12.6. The van der Waals surface area contributed by atoms with Crippen LogP contribution in [-0.4, -0.2) is 53.0 Å². The van der Waals surface area contributed by atoms with Crippen molar-refractivity contribution in [3.63, 3.8) is 0 Å². The molecule has 1 N–H and O–H groups in total. The standard InChI is InChI=1S/C18H17FN4O2S.C10H11F3N2O/c1-4-5-22-13-7-12(11(19)6-14(13)25-9-16(22)24)20-17-23-10-18(2,3)8-15(23)21-26-17;1-15(2)9(16)14-8-5-3-4-7(6-8)10(11,12)13/h1,6-7H,5,8-10H2,2-3H3;3-6H,1-2H3,(H,14,16)/b20-17-;. The van der Waals surface area contributed by atoms with Gasteiger partial charge in [-0.1, -0.05) is 25.8 Å². The number of amides is 3.